The number of nitrogens with one attached hydrogen (secondary N) is 2. The molecule has 2 N–H and O–H groups in total. The van der Waals surface area contributed by atoms with Crippen LogP contribution in [0.2, 0.25) is 0 Å². The minimum absolute atomic E-state index is 0.0309. The lowest BCUT2D eigenvalue weighted by molar-refractivity contribution is -0.137. The Hall–Kier alpha value is -3.84. The maximum absolute atomic E-state index is 12.8. The Morgan fingerprint density at radius 2 is 1.58 bits per heavy atom. The van der Waals surface area contributed by atoms with Crippen LogP contribution in [0.5, 0.6) is 0 Å². The van der Waals surface area contributed by atoms with Crippen molar-refractivity contribution < 1.29 is 26.4 Å². The fraction of sp³-hybridized carbons (Fsp3) is 0.0476. The lowest BCUT2D eigenvalue weighted by atomic mass is 10.1. The number of carbonyl (C=O) groups is 1. The van der Waals surface area contributed by atoms with E-state index in [-0.39, 0.29) is 27.4 Å². The Labute approximate surface area is 176 Å². The van der Waals surface area contributed by atoms with Gasteiger partial charge < -0.3 is 5.32 Å². The van der Waals surface area contributed by atoms with Crippen molar-refractivity contribution in [2.75, 3.05) is 10.0 Å². The highest BCUT2D eigenvalue weighted by Crippen LogP contribution is 2.30. The van der Waals surface area contributed by atoms with Gasteiger partial charge in [0.2, 0.25) is 0 Å². The van der Waals surface area contributed by atoms with E-state index in [1.54, 1.807) is 0 Å². The Morgan fingerprint density at radius 3 is 2.29 bits per heavy atom. The maximum Gasteiger partial charge on any atom is 0.416 e. The van der Waals surface area contributed by atoms with Gasteiger partial charge in [-0.05, 0) is 54.6 Å². The molecule has 0 heterocycles. The van der Waals surface area contributed by atoms with Crippen molar-refractivity contribution in [1.82, 2.24) is 0 Å². The molecule has 0 bridgehead atoms. The van der Waals surface area contributed by atoms with Crippen LogP contribution in [0.15, 0.2) is 77.7 Å². The summed E-state index contributed by atoms with van der Waals surface area (Å²) < 4.78 is 65.9. The van der Waals surface area contributed by atoms with Gasteiger partial charge in [-0.25, -0.2) is 8.42 Å². The average molecular weight is 445 g/mol. The van der Waals surface area contributed by atoms with E-state index < -0.39 is 27.7 Å². The van der Waals surface area contributed by atoms with Crippen LogP contribution in [0.1, 0.15) is 21.5 Å². The van der Waals surface area contributed by atoms with Crippen molar-refractivity contribution in [3.8, 4) is 6.07 Å². The van der Waals surface area contributed by atoms with Crippen molar-refractivity contribution in [3.05, 3.63) is 89.5 Å². The summed E-state index contributed by atoms with van der Waals surface area (Å²) in [6.07, 6.45) is -4.55. The Balaban J connectivity index is 1.80. The first-order chi connectivity index (χ1) is 14.6. The highest BCUT2D eigenvalue weighted by Gasteiger charge is 2.30. The number of nitrogens with zero attached hydrogens (tertiary/aromatic N) is 1. The number of nitriles is 1. The molecule has 3 rings (SSSR count). The number of rotatable bonds is 5. The van der Waals surface area contributed by atoms with Gasteiger partial charge in [0, 0.05) is 16.9 Å². The number of carbonyl (C=O) groups excluding carboxylic acids is 1. The number of hydrogen-bond donors (Lipinski definition) is 2. The molecule has 0 aliphatic rings. The van der Waals surface area contributed by atoms with Crippen LogP contribution in [0, 0.1) is 11.3 Å². The second-order valence-electron chi connectivity index (χ2n) is 6.36. The molecule has 0 saturated carbocycles. The monoisotopic (exact) mass is 445 g/mol. The van der Waals surface area contributed by atoms with Gasteiger partial charge >= 0.3 is 6.18 Å². The van der Waals surface area contributed by atoms with Crippen LogP contribution < -0.4 is 10.0 Å². The van der Waals surface area contributed by atoms with Crippen molar-refractivity contribution >= 4 is 27.3 Å². The van der Waals surface area contributed by atoms with E-state index in [4.69, 9.17) is 5.26 Å². The van der Waals surface area contributed by atoms with Crippen LogP contribution >= 0.6 is 0 Å². The zero-order valence-electron chi connectivity index (χ0n) is 15.6. The summed E-state index contributed by atoms with van der Waals surface area (Å²) in [6, 6.07) is 16.9. The summed E-state index contributed by atoms with van der Waals surface area (Å²) in [5.41, 5.74) is -0.704. The molecule has 0 spiro atoms. The number of sulfonamides is 1. The molecule has 3 aromatic carbocycles. The van der Waals surface area contributed by atoms with Gasteiger partial charge in [-0.1, -0.05) is 18.2 Å². The molecule has 1 amide bonds. The fourth-order valence-electron chi connectivity index (χ4n) is 2.65. The third-order valence-corrected chi connectivity index (χ3v) is 5.48. The van der Waals surface area contributed by atoms with Gasteiger partial charge in [-0.15, -0.1) is 0 Å². The summed E-state index contributed by atoms with van der Waals surface area (Å²) in [7, 11) is -4.03. The minimum atomic E-state index is -4.55. The highest BCUT2D eigenvalue weighted by molar-refractivity contribution is 7.92. The van der Waals surface area contributed by atoms with Crippen molar-refractivity contribution in [1.29, 1.82) is 5.26 Å². The molecular formula is C21H14F3N3O3S. The first-order valence-electron chi connectivity index (χ1n) is 8.70. The molecule has 0 aromatic heterocycles. The van der Waals surface area contributed by atoms with E-state index in [2.05, 4.69) is 10.0 Å². The Bertz CT molecular complexity index is 1280. The SMILES string of the molecule is N#Cc1cccc(S(=O)(=O)Nc2cccc(C(=O)Nc3cccc(C(F)(F)F)c3)c2)c1. The highest BCUT2D eigenvalue weighted by atomic mass is 32.2. The first kappa shape index (κ1) is 21.9. The fourth-order valence-corrected chi connectivity index (χ4v) is 3.74. The van der Waals surface area contributed by atoms with Gasteiger partial charge in [-0.3, -0.25) is 9.52 Å². The van der Waals surface area contributed by atoms with E-state index in [0.29, 0.717) is 0 Å². The van der Waals surface area contributed by atoms with Gasteiger partial charge in [-0.2, -0.15) is 18.4 Å². The third-order valence-electron chi connectivity index (χ3n) is 4.10. The van der Waals surface area contributed by atoms with Gasteiger partial charge in [0.25, 0.3) is 15.9 Å². The Kier molecular flexibility index (Phi) is 5.99. The van der Waals surface area contributed by atoms with Crippen LogP contribution in [0.3, 0.4) is 0 Å². The number of hydrogen-bond acceptors (Lipinski definition) is 4. The summed E-state index contributed by atoms with van der Waals surface area (Å²) in [6.45, 7) is 0. The van der Waals surface area contributed by atoms with E-state index in [9.17, 15) is 26.4 Å². The zero-order valence-corrected chi connectivity index (χ0v) is 16.5. The molecule has 0 atom stereocenters. The average Bonchev–Trinajstić information content (AvgIpc) is 2.73. The third kappa shape index (κ3) is 5.40. The van der Waals surface area contributed by atoms with E-state index >= 15 is 0 Å². The van der Waals surface area contributed by atoms with Crippen LogP contribution in [-0.2, 0) is 16.2 Å². The topological polar surface area (TPSA) is 99.1 Å². The van der Waals surface area contributed by atoms with Gasteiger partial charge in [0.05, 0.1) is 22.1 Å². The predicted octanol–water partition coefficient (Wildman–Crippen LogP) is 4.63. The van der Waals surface area contributed by atoms with Gasteiger partial charge in [0.15, 0.2) is 0 Å². The standard InChI is InChI=1S/C21H14F3N3O3S/c22-21(23,24)16-6-3-7-17(12-16)26-20(28)15-5-2-8-18(11-15)27-31(29,30)19-9-1-4-14(10-19)13-25/h1-12,27H,(H,26,28). The molecule has 0 aliphatic heterocycles. The molecule has 31 heavy (non-hydrogen) atoms. The molecule has 0 fully saturated rings. The van der Waals surface area contributed by atoms with Crippen molar-refractivity contribution in [2.45, 2.75) is 11.1 Å². The first-order valence-corrected chi connectivity index (χ1v) is 10.2. The molecule has 10 heteroatoms. The lowest BCUT2D eigenvalue weighted by Gasteiger charge is -2.11. The lowest BCUT2D eigenvalue weighted by Crippen LogP contribution is -2.15. The molecule has 0 unspecified atom stereocenters. The van der Waals surface area contributed by atoms with Gasteiger partial charge in [0.1, 0.15) is 0 Å². The maximum atomic E-state index is 12.8. The zero-order chi connectivity index (χ0) is 22.6. The molecule has 158 valence electrons. The number of halogens is 3. The minimum Gasteiger partial charge on any atom is -0.322 e. The van der Waals surface area contributed by atoms with E-state index in [1.165, 1.54) is 60.7 Å². The predicted molar refractivity (Wildman–Crippen MR) is 108 cm³/mol. The Morgan fingerprint density at radius 1 is 0.903 bits per heavy atom. The van der Waals surface area contributed by atoms with Crippen molar-refractivity contribution in [3.63, 3.8) is 0 Å². The number of alkyl halides is 3. The van der Waals surface area contributed by atoms with E-state index in [1.807, 2.05) is 6.07 Å². The molecular weight excluding hydrogens is 431 g/mol. The number of anilines is 2. The largest absolute Gasteiger partial charge is 0.416 e. The number of benzene rings is 3. The molecule has 0 saturated heterocycles. The smallest absolute Gasteiger partial charge is 0.322 e. The summed E-state index contributed by atoms with van der Waals surface area (Å²) in [5, 5.41) is 11.3. The van der Waals surface area contributed by atoms with Crippen LogP contribution in [0.25, 0.3) is 0 Å². The van der Waals surface area contributed by atoms with Crippen LogP contribution in [-0.4, -0.2) is 14.3 Å². The summed E-state index contributed by atoms with van der Waals surface area (Å²) >= 11 is 0. The molecule has 0 aliphatic carbocycles. The molecule has 0 radical (unpaired) electrons. The molecule has 3 aromatic rings. The molecule has 6 nitrogen and oxygen atoms in total. The summed E-state index contributed by atoms with van der Waals surface area (Å²) in [5.74, 6) is -0.716. The number of amides is 1. The van der Waals surface area contributed by atoms with Crippen molar-refractivity contribution in [2.24, 2.45) is 0 Å². The normalized spacial score (nSPS) is 11.4. The van der Waals surface area contributed by atoms with Crippen LogP contribution in [0.4, 0.5) is 24.5 Å². The summed E-state index contributed by atoms with van der Waals surface area (Å²) in [4.78, 5) is 12.3. The second kappa shape index (κ2) is 8.49. The van der Waals surface area contributed by atoms with E-state index in [0.717, 1.165) is 12.1 Å². The quantitative estimate of drug-likeness (QED) is 0.598. The second-order valence-corrected chi connectivity index (χ2v) is 8.04.